The molecule has 2 aliphatic carbocycles. The first-order valence-corrected chi connectivity index (χ1v) is 21.0. The molecule has 3 saturated heterocycles. The van der Waals surface area contributed by atoms with Crippen LogP contribution in [0.3, 0.4) is 0 Å². The molecule has 0 radical (unpaired) electrons. The molecule has 5 aliphatic rings. The second-order valence-electron chi connectivity index (χ2n) is 16.9. The van der Waals surface area contributed by atoms with Gasteiger partial charge in [-0.15, -0.1) is 0 Å². The standard InChI is InChI=1S/C42H51F2N5O5.C2H6.CH4/c1-3-29-32(43)8-7-26-20-28(50)21-30(34(26)29)36-35(44)37-31(22-45-36)38(48-17-19-52-24-40(2,51)23-48)47-39(46-37)53-25-41-11-4-6-33(41)49(16-5-12-41)27-9-13-42(14-10-27)15-18-54-42;1-2;/h7-8,20-22,27,33,50-51H,3-6,9-19,23-25H2,1-2H3;1-2H3;1H4/t27?,33?,40-,41?,42?;;/m0../s1. The number of piperidine rings is 1. The van der Waals surface area contributed by atoms with Crippen LogP contribution in [0.1, 0.15) is 105 Å². The van der Waals surface area contributed by atoms with Gasteiger partial charge in [0.25, 0.3) is 0 Å². The van der Waals surface area contributed by atoms with E-state index in [1.165, 1.54) is 37.6 Å². The Balaban J connectivity index is 0.00000163. The topological polar surface area (TPSA) is 113 Å². The molecule has 2 aromatic carbocycles. The van der Waals surface area contributed by atoms with E-state index in [9.17, 15) is 10.2 Å². The number of aryl methyl sites for hydroxylation is 1. The lowest BCUT2D eigenvalue weighted by atomic mass is 9.72. The minimum absolute atomic E-state index is 0. The van der Waals surface area contributed by atoms with E-state index < -0.39 is 17.2 Å². The van der Waals surface area contributed by atoms with Crippen LogP contribution in [0.4, 0.5) is 14.6 Å². The lowest BCUT2D eigenvalue weighted by Crippen LogP contribution is -2.58. The van der Waals surface area contributed by atoms with Crippen molar-refractivity contribution in [2.45, 2.75) is 129 Å². The number of nitrogens with zero attached hydrogens (tertiary/aromatic N) is 5. The predicted octanol–water partition coefficient (Wildman–Crippen LogP) is 8.76. The molecule has 2 aromatic heterocycles. The van der Waals surface area contributed by atoms with E-state index in [4.69, 9.17) is 24.2 Å². The molecule has 12 heteroatoms. The number of rotatable bonds is 7. The summed E-state index contributed by atoms with van der Waals surface area (Å²) in [5, 5.41) is 23.3. The molecule has 2 saturated carbocycles. The monoisotopic (exact) mass is 789 g/mol. The van der Waals surface area contributed by atoms with Crippen LogP contribution in [-0.4, -0.2) is 99.4 Å². The smallest absolute Gasteiger partial charge is 0.319 e. The molecular formula is C45H61F2N5O5. The van der Waals surface area contributed by atoms with Crippen molar-refractivity contribution in [2.75, 3.05) is 51.0 Å². The molecule has 2 unspecified atom stereocenters. The first kappa shape index (κ1) is 41.4. The van der Waals surface area contributed by atoms with Gasteiger partial charge in [-0.1, -0.05) is 40.7 Å². The Bertz CT molecular complexity index is 2070. The summed E-state index contributed by atoms with van der Waals surface area (Å²) in [5.41, 5.74) is -0.441. The number of β-amino-alcohol motifs (C(OH)–C–C–N with tert-alkyl or cyclic N) is 1. The van der Waals surface area contributed by atoms with Crippen molar-refractivity contribution in [1.82, 2.24) is 19.9 Å². The van der Waals surface area contributed by atoms with Crippen LogP contribution < -0.4 is 9.64 Å². The molecule has 0 amide bonds. The quantitative estimate of drug-likeness (QED) is 0.189. The normalized spacial score (nSPS) is 28.9. The summed E-state index contributed by atoms with van der Waals surface area (Å²) in [6.07, 6.45) is 13.2. The molecule has 10 nitrogen and oxygen atoms in total. The highest BCUT2D eigenvalue weighted by molar-refractivity contribution is 6.01. The molecule has 9 rings (SSSR count). The lowest BCUT2D eigenvalue weighted by Gasteiger charge is -2.53. The van der Waals surface area contributed by atoms with Crippen molar-refractivity contribution in [3.05, 3.63) is 47.7 Å². The largest absolute Gasteiger partial charge is 0.508 e. The van der Waals surface area contributed by atoms with Crippen LogP contribution in [0.2, 0.25) is 0 Å². The second kappa shape index (κ2) is 16.5. The number of aliphatic hydroxyl groups is 1. The average Bonchev–Trinajstić information content (AvgIpc) is 3.54. The van der Waals surface area contributed by atoms with E-state index in [1.807, 2.05) is 25.7 Å². The third kappa shape index (κ3) is 7.67. The Kier molecular flexibility index (Phi) is 12.0. The Morgan fingerprint density at radius 2 is 1.75 bits per heavy atom. The van der Waals surface area contributed by atoms with Crippen LogP contribution in [-0.2, 0) is 15.9 Å². The van der Waals surface area contributed by atoms with Gasteiger partial charge in [0.05, 0.1) is 44.0 Å². The van der Waals surface area contributed by atoms with Gasteiger partial charge in [-0.05, 0) is 112 Å². The zero-order valence-electron chi connectivity index (χ0n) is 33.4. The summed E-state index contributed by atoms with van der Waals surface area (Å²) in [4.78, 5) is 18.9. The van der Waals surface area contributed by atoms with Gasteiger partial charge in [0.2, 0.25) is 0 Å². The number of anilines is 1. The molecular weight excluding hydrogens is 729 g/mol. The van der Waals surface area contributed by atoms with Gasteiger partial charge in [0, 0.05) is 35.8 Å². The number of pyridine rings is 1. The number of hydrogen-bond acceptors (Lipinski definition) is 10. The SMILES string of the molecule is C.CC.CCc1c(F)ccc2cc(O)cc(-c3ncc4c(N5CCOC[C@@](C)(O)C5)nc(OCC56CCCC5N(C5CCC7(CCO7)CC5)CCC6)nc4c3F)c12. The molecule has 3 atom stereocenters. The molecule has 0 bridgehead atoms. The summed E-state index contributed by atoms with van der Waals surface area (Å²) in [6.45, 7) is 11.1. The number of ether oxygens (including phenoxy) is 3. The predicted molar refractivity (Wildman–Crippen MR) is 220 cm³/mol. The van der Waals surface area contributed by atoms with Gasteiger partial charge in [0.15, 0.2) is 5.82 Å². The van der Waals surface area contributed by atoms with Gasteiger partial charge in [-0.3, -0.25) is 9.88 Å². The average molecular weight is 790 g/mol. The lowest BCUT2D eigenvalue weighted by molar-refractivity contribution is -0.175. The second-order valence-corrected chi connectivity index (χ2v) is 16.9. The third-order valence-corrected chi connectivity index (χ3v) is 13.3. The van der Waals surface area contributed by atoms with Crippen molar-refractivity contribution < 1.29 is 33.2 Å². The first-order chi connectivity index (χ1) is 27.1. The van der Waals surface area contributed by atoms with Crippen molar-refractivity contribution in [3.63, 3.8) is 0 Å². The van der Waals surface area contributed by atoms with Crippen molar-refractivity contribution in [1.29, 1.82) is 0 Å². The summed E-state index contributed by atoms with van der Waals surface area (Å²) in [5.74, 6) is -0.801. The number of phenols is 1. The molecule has 310 valence electrons. The van der Waals surface area contributed by atoms with E-state index in [1.54, 1.807) is 19.1 Å². The number of benzene rings is 2. The number of aromatic hydroxyl groups is 1. The fraction of sp³-hybridized carbons (Fsp3) is 0.622. The highest BCUT2D eigenvalue weighted by Gasteiger charge is 2.52. The summed E-state index contributed by atoms with van der Waals surface area (Å²) < 4.78 is 50.7. The number of halogens is 2. The van der Waals surface area contributed by atoms with Crippen LogP contribution in [0.15, 0.2) is 30.5 Å². The summed E-state index contributed by atoms with van der Waals surface area (Å²) in [7, 11) is 0. The van der Waals surface area contributed by atoms with Gasteiger partial charge >= 0.3 is 6.01 Å². The van der Waals surface area contributed by atoms with Gasteiger partial charge < -0.3 is 29.3 Å². The number of hydrogen-bond donors (Lipinski definition) is 2. The van der Waals surface area contributed by atoms with Gasteiger partial charge in [-0.2, -0.15) is 9.97 Å². The molecule has 57 heavy (non-hydrogen) atoms. The number of likely N-dealkylation sites (tertiary alicyclic amines) is 1. The number of phenolic OH excluding ortho intramolecular Hbond substituents is 1. The van der Waals surface area contributed by atoms with Crippen molar-refractivity contribution in [2.24, 2.45) is 5.41 Å². The van der Waals surface area contributed by atoms with Crippen LogP contribution in [0.25, 0.3) is 32.9 Å². The maximum absolute atomic E-state index is 17.2. The molecule has 3 aliphatic heterocycles. The Morgan fingerprint density at radius 3 is 2.49 bits per heavy atom. The van der Waals surface area contributed by atoms with E-state index in [-0.39, 0.29) is 60.1 Å². The van der Waals surface area contributed by atoms with Crippen molar-refractivity contribution in [3.8, 4) is 23.0 Å². The van der Waals surface area contributed by atoms with Crippen LogP contribution in [0, 0.1) is 17.0 Å². The fourth-order valence-electron chi connectivity index (χ4n) is 10.6. The van der Waals surface area contributed by atoms with Gasteiger partial charge in [-0.25, -0.2) is 8.78 Å². The zero-order chi connectivity index (χ0) is 39.2. The van der Waals surface area contributed by atoms with E-state index in [2.05, 4.69) is 9.88 Å². The Hall–Kier alpha value is -3.71. The third-order valence-electron chi connectivity index (χ3n) is 13.3. The maximum atomic E-state index is 17.2. The maximum Gasteiger partial charge on any atom is 0.319 e. The molecule has 2 N–H and O–H groups in total. The molecule has 1 spiro atoms. The molecule has 5 fully saturated rings. The highest BCUT2D eigenvalue weighted by atomic mass is 19.1. The summed E-state index contributed by atoms with van der Waals surface area (Å²) in [6, 6.07) is 6.96. The van der Waals surface area contributed by atoms with E-state index in [0.29, 0.717) is 65.8 Å². The Morgan fingerprint density at radius 1 is 0.982 bits per heavy atom. The summed E-state index contributed by atoms with van der Waals surface area (Å²) >= 11 is 0. The van der Waals surface area contributed by atoms with Crippen LogP contribution >= 0.6 is 0 Å². The molecule has 5 heterocycles. The van der Waals surface area contributed by atoms with Crippen LogP contribution in [0.5, 0.6) is 11.8 Å². The minimum atomic E-state index is -1.17. The minimum Gasteiger partial charge on any atom is -0.508 e. The molecule has 4 aromatic rings. The first-order valence-electron chi connectivity index (χ1n) is 21.0. The van der Waals surface area contributed by atoms with Crippen molar-refractivity contribution >= 4 is 27.5 Å². The van der Waals surface area contributed by atoms with E-state index in [0.717, 1.165) is 58.1 Å². The fourth-order valence-corrected chi connectivity index (χ4v) is 10.6. The highest BCUT2D eigenvalue weighted by Crippen LogP contribution is 2.51. The zero-order valence-corrected chi connectivity index (χ0v) is 33.4. The number of fused-ring (bicyclic) bond motifs is 3. The van der Waals surface area contributed by atoms with Gasteiger partial charge in [0.1, 0.15) is 34.2 Å². The number of aromatic nitrogens is 3. The Labute approximate surface area is 335 Å². The van der Waals surface area contributed by atoms with E-state index >= 15 is 8.78 Å².